The van der Waals surface area contributed by atoms with Gasteiger partial charge in [0.25, 0.3) is 0 Å². The fourth-order valence-corrected chi connectivity index (χ4v) is 2.59. The van der Waals surface area contributed by atoms with Crippen molar-refractivity contribution in [3.63, 3.8) is 0 Å². The Morgan fingerprint density at radius 1 is 1.44 bits per heavy atom. The van der Waals surface area contributed by atoms with Gasteiger partial charge >= 0.3 is 0 Å². The summed E-state index contributed by atoms with van der Waals surface area (Å²) in [5.41, 5.74) is 6.41. The fraction of sp³-hybridized carbons (Fsp3) is 0.571. The number of nitrogens with zero attached hydrogens (tertiary/aromatic N) is 1. The average Bonchev–Trinajstić information content (AvgIpc) is 2.76. The van der Waals surface area contributed by atoms with E-state index in [2.05, 4.69) is 11.8 Å². The molecule has 0 amide bonds. The molecular formula is C14H20F2N2. The molecule has 2 unspecified atom stereocenters. The molecule has 100 valence electrons. The van der Waals surface area contributed by atoms with Gasteiger partial charge in [-0.25, -0.2) is 8.78 Å². The van der Waals surface area contributed by atoms with E-state index in [0.717, 1.165) is 25.1 Å². The number of rotatable bonds is 4. The summed E-state index contributed by atoms with van der Waals surface area (Å²) in [6.07, 6.45) is 2.37. The van der Waals surface area contributed by atoms with E-state index < -0.39 is 11.6 Å². The molecule has 1 aromatic carbocycles. The highest BCUT2D eigenvalue weighted by Gasteiger charge is 2.23. The zero-order valence-electron chi connectivity index (χ0n) is 10.7. The first-order chi connectivity index (χ1) is 8.60. The Kier molecular flexibility index (Phi) is 4.30. The Balaban J connectivity index is 1.97. The number of halogens is 2. The van der Waals surface area contributed by atoms with Gasteiger partial charge in [-0.2, -0.15) is 0 Å². The zero-order chi connectivity index (χ0) is 13.1. The minimum absolute atomic E-state index is 0.388. The summed E-state index contributed by atoms with van der Waals surface area (Å²) in [6, 6.07) is 3.22. The highest BCUT2D eigenvalue weighted by Crippen LogP contribution is 2.23. The van der Waals surface area contributed by atoms with Crippen LogP contribution in [-0.4, -0.2) is 24.5 Å². The molecule has 0 spiro atoms. The predicted molar refractivity (Wildman–Crippen MR) is 68.1 cm³/mol. The van der Waals surface area contributed by atoms with Crippen LogP contribution in [-0.2, 0) is 0 Å². The van der Waals surface area contributed by atoms with Gasteiger partial charge in [-0.05, 0) is 24.9 Å². The van der Waals surface area contributed by atoms with E-state index >= 15 is 0 Å². The highest BCUT2D eigenvalue weighted by molar-refractivity contribution is 5.22. The molecule has 18 heavy (non-hydrogen) atoms. The lowest BCUT2D eigenvalue weighted by atomic mass is 10.1. The predicted octanol–water partition coefficient (Wildman–Crippen LogP) is 2.70. The summed E-state index contributed by atoms with van der Waals surface area (Å²) in [6.45, 7) is 4.88. The Morgan fingerprint density at radius 2 is 2.22 bits per heavy atom. The summed E-state index contributed by atoms with van der Waals surface area (Å²) in [5, 5.41) is 0. The largest absolute Gasteiger partial charge is 0.323 e. The molecule has 0 radical (unpaired) electrons. The number of likely N-dealkylation sites (tertiary alicyclic amines) is 1. The summed E-state index contributed by atoms with van der Waals surface area (Å²) < 4.78 is 26.4. The van der Waals surface area contributed by atoms with E-state index in [0.29, 0.717) is 12.1 Å². The van der Waals surface area contributed by atoms with Crippen molar-refractivity contribution in [1.29, 1.82) is 0 Å². The van der Waals surface area contributed by atoms with Crippen molar-refractivity contribution in [2.24, 2.45) is 11.7 Å². The van der Waals surface area contributed by atoms with Gasteiger partial charge in [-0.1, -0.05) is 19.4 Å². The molecule has 1 aliphatic heterocycles. The summed E-state index contributed by atoms with van der Waals surface area (Å²) in [5.74, 6) is -0.375. The summed E-state index contributed by atoms with van der Waals surface area (Å²) >= 11 is 0. The minimum Gasteiger partial charge on any atom is -0.323 e. The average molecular weight is 254 g/mol. The second kappa shape index (κ2) is 5.76. The summed E-state index contributed by atoms with van der Waals surface area (Å²) in [7, 11) is 0. The van der Waals surface area contributed by atoms with Crippen LogP contribution >= 0.6 is 0 Å². The fourth-order valence-electron chi connectivity index (χ4n) is 2.59. The van der Waals surface area contributed by atoms with Gasteiger partial charge in [0.15, 0.2) is 0 Å². The van der Waals surface area contributed by atoms with Gasteiger partial charge in [-0.15, -0.1) is 0 Å². The number of nitrogens with two attached hydrogens (primary N) is 1. The molecular weight excluding hydrogens is 234 g/mol. The van der Waals surface area contributed by atoms with Gasteiger partial charge in [0, 0.05) is 30.8 Å². The Bertz CT molecular complexity index is 409. The third-order valence-corrected chi connectivity index (χ3v) is 3.76. The molecule has 0 aromatic heterocycles. The monoisotopic (exact) mass is 254 g/mol. The van der Waals surface area contributed by atoms with Crippen LogP contribution in [0.2, 0.25) is 0 Å². The van der Waals surface area contributed by atoms with Crippen molar-refractivity contribution in [2.75, 3.05) is 19.6 Å². The van der Waals surface area contributed by atoms with Crippen LogP contribution in [0.25, 0.3) is 0 Å². The van der Waals surface area contributed by atoms with E-state index in [4.69, 9.17) is 5.73 Å². The lowest BCUT2D eigenvalue weighted by molar-refractivity contribution is 0.299. The molecule has 1 aliphatic rings. The first kappa shape index (κ1) is 13.4. The van der Waals surface area contributed by atoms with Gasteiger partial charge in [0.1, 0.15) is 11.6 Å². The van der Waals surface area contributed by atoms with Crippen LogP contribution in [0.5, 0.6) is 0 Å². The lowest BCUT2D eigenvalue weighted by Crippen LogP contribution is -2.31. The SMILES string of the molecule is CCC1CCN(CC(N)c2ccc(F)cc2F)C1. The first-order valence-electron chi connectivity index (χ1n) is 6.53. The molecule has 1 aromatic rings. The number of hydrogen-bond donors (Lipinski definition) is 1. The molecule has 0 bridgehead atoms. The van der Waals surface area contributed by atoms with E-state index in [1.807, 2.05) is 0 Å². The van der Waals surface area contributed by atoms with Crippen molar-refractivity contribution < 1.29 is 8.78 Å². The maximum Gasteiger partial charge on any atom is 0.130 e. The topological polar surface area (TPSA) is 29.3 Å². The van der Waals surface area contributed by atoms with Crippen molar-refractivity contribution in [3.05, 3.63) is 35.4 Å². The van der Waals surface area contributed by atoms with Crippen LogP contribution in [0.3, 0.4) is 0 Å². The molecule has 1 heterocycles. The molecule has 4 heteroatoms. The smallest absolute Gasteiger partial charge is 0.130 e. The second-order valence-electron chi connectivity index (χ2n) is 5.09. The summed E-state index contributed by atoms with van der Waals surface area (Å²) in [4.78, 5) is 2.27. The van der Waals surface area contributed by atoms with Crippen LogP contribution in [0.1, 0.15) is 31.4 Å². The van der Waals surface area contributed by atoms with E-state index in [-0.39, 0.29) is 6.04 Å². The van der Waals surface area contributed by atoms with Crippen LogP contribution in [0.4, 0.5) is 8.78 Å². The van der Waals surface area contributed by atoms with Crippen molar-refractivity contribution in [3.8, 4) is 0 Å². The maximum atomic E-state index is 13.6. The Hall–Kier alpha value is -1.00. The van der Waals surface area contributed by atoms with Crippen LogP contribution < -0.4 is 5.73 Å². The van der Waals surface area contributed by atoms with Crippen LogP contribution in [0.15, 0.2) is 18.2 Å². The molecule has 2 rings (SSSR count). The molecule has 1 saturated heterocycles. The molecule has 0 aliphatic carbocycles. The molecule has 2 N–H and O–H groups in total. The second-order valence-corrected chi connectivity index (χ2v) is 5.09. The third kappa shape index (κ3) is 3.06. The Labute approximate surface area is 107 Å². The van der Waals surface area contributed by atoms with Crippen molar-refractivity contribution >= 4 is 0 Å². The lowest BCUT2D eigenvalue weighted by Gasteiger charge is -2.21. The number of hydrogen-bond acceptors (Lipinski definition) is 2. The van der Waals surface area contributed by atoms with Crippen molar-refractivity contribution in [1.82, 2.24) is 4.90 Å². The normalized spacial score (nSPS) is 22.3. The van der Waals surface area contributed by atoms with Gasteiger partial charge in [0.05, 0.1) is 0 Å². The zero-order valence-corrected chi connectivity index (χ0v) is 10.7. The van der Waals surface area contributed by atoms with E-state index in [9.17, 15) is 8.78 Å². The van der Waals surface area contributed by atoms with Crippen LogP contribution in [0, 0.1) is 17.6 Å². The third-order valence-electron chi connectivity index (χ3n) is 3.76. The minimum atomic E-state index is -0.560. The molecule has 2 atom stereocenters. The van der Waals surface area contributed by atoms with Gasteiger partial charge < -0.3 is 10.6 Å². The quantitative estimate of drug-likeness (QED) is 0.895. The number of benzene rings is 1. The van der Waals surface area contributed by atoms with Gasteiger partial charge in [-0.3, -0.25) is 0 Å². The molecule has 2 nitrogen and oxygen atoms in total. The van der Waals surface area contributed by atoms with E-state index in [1.54, 1.807) is 0 Å². The molecule has 1 fully saturated rings. The van der Waals surface area contributed by atoms with E-state index in [1.165, 1.54) is 25.0 Å². The highest BCUT2D eigenvalue weighted by atomic mass is 19.1. The molecule has 0 saturated carbocycles. The Morgan fingerprint density at radius 3 is 2.83 bits per heavy atom. The first-order valence-corrected chi connectivity index (χ1v) is 6.53. The van der Waals surface area contributed by atoms with Crippen molar-refractivity contribution in [2.45, 2.75) is 25.8 Å². The van der Waals surface area contributed by atoms with Gasteiger partial charge in [0.2, 0.25) is 0 Å². The standard InChI is InChI=1S/C14H20F2N2/c1-2-10-5-6-18(8-10)9-14(17)12-4-3-11(15)7-13(12)16/h3-4,7,10,14H,2,5-6,8-9,17H2,1H3. The maximum absolute atomic E-state index is 13.6.